The van der Waals surface area contributed by atoms with E-state index in [2.05, 4.69) is 10.6 Å². The van der Waals surface area contributed by atoms with Crippen LogP contribution in [0.1, 0.15) is 85.5 Å². The highest BCUT2D eigenvalue weighted by molar-refractivity contribution is 6.04. The van der Waals surface area contributed by atoms with E-state index in [9.17, 15) is 19.2 Å². The number of alkyl carbamates (subject to hydrolysis) is 1. The number of nitrogens with one attached hydrogen (secondary N) is 2. The summed E-state index contributed by atoms with van der Waals surface area (Å²) in [6, 6.07) is 6.68. The molecule has 47 heavy (non-hydrogen) atoms. The molecule has 0 atom stereocenters. The van der Waals surface area contributed by atoms with Gasteiger partial charge in [-0.15, -0.1) is 4.68 Å². The maximum absolute atomic E-state index is 13.1. The predicted octanol–water partition coefficient (Wildman–Crippen LogP) is 4.92. The molecule has 3 rings (SSSR count). The minimum atomic E-state index is -0.578. The highest BCUT2D eigenvalue weighted by Crippen LogP contribution is 2.21. The van der Waals surface area contributed by atoms with Crippen molar-refractivity contribution in [2.24, 2.45) is 5.92 Å². The fourth-order valence-corrected chi connectivity index (χ4v) is 4.64. The molecule has 1 saturated heterocycles. The number of rotatable bonds is 12. The Balaban J connectivity index is 1.59. The van der Waals surface area contributed by atoms with E-state index in [0.29, 0.717) is 56.1 Å². The number of benzene rings is 1. The Hall–Kier alpha value is -4.29. The zero-order valence-corrected chi connectivity index (χ0v) is 29.3. The number of aromatic nitrogens is 2. The maximum Gasteiger partial charge on any atom is 0.410 e. The second-order valence-corrected chi connectivity index (χ2v) is 14.7. The fraction of sp³-hybridized carbons (Fsp3) is 0.618. The normalized spacial score (nSPS) is 13.8. The molecule has 1 aromatic heterocycles. The van der Waals surface area contributed by atoms with E-state index in [1.54, 1.807) is 29.2 Å². The number of aryl methyl sites for hydroxylation is 1. The molecule has 1 aliphatic rings. The molecule has 1 aliphatic heterocycles. The van der Waals surface area contributed by atoms with Crippen molar-refractivity contribution in [2.75, 3.05) is 31.6 Å². The third-order valence-corrected chi connectivity index (χ3v) is 6.56. The number of amides is 3. The van der Waals surface area contributed by atoms with Crippen LogP contribution in [0.5, 0.6) is 5.75 Å². The first-order valence-electron chi connectivity index (χ1n) is 16.1. The predicted molar refractivity (Wildman–Crippen MR) is 175 cm³/mol. The Kier molecular flexibility index (Phi) is 12.3. The van der Waals surface area contributed by atoms with E-state index in [-0.39, 0.29) is 36.9 Å². The van der Waals surface area contributed by atoms with Gasteiger partial charge in [0.25, 0.3) is 5.91 Å². The summed E-state index contributed by atoms with van der Waals surface area (Å²) in [5.41, 5.74) is -0.633. The lowest BCUT2D eigenvalue weighted by molar-refractivity contribution is -0.781. The average molecular weight is 659 g/mol. The molecule has 13 nitrogen and oxygen atoms in total. The summed E-state index contributed by atoms with van der Waals surface area (Å²) in [6.07, 6.45) is 3.67. The molecule has 2 aromatic rings. The number of hydrogen-bond donors (Lipinski definition) is 2. The van der Waals surface area contributed by atoms with Crippen LogP contribution in [0.3, 0.4) is 0 Å². The molecule has 3 amide bonds. The molecule has 0 bridgehead atoms. The van der Waals surface area contributed by atoms with Gasteiger partial charge in [0, 0.05) is 25.2 Å². The van der Waals surface area contributed by atoms with Crippen molar-refractivity contribution < 1.29 is 42.8 Å². The molecular weight excluding hydrogens is 606 g/mol. The Labute approximate surface area is 277 Å². The summed E-state index contributed by atoms with van der Waals surface area (Å²) in [6.45, 7) is 19.3. The summed E-state index contributed by atoms with van der Waals surface area (Å²) in [7, 11) is 0. The number of ether oxygens (including phenoxy) is 4. The van der Waals surface area contributed by atoms with Gasteiger partial charge in [0.05, 0.1) is 31.7 Å². The molecular formula is C34H52N5O8+. The zero-order valence-electron chi connectivity index (χ0n) is 29.3. The summed E-state index contributed by atoms with van der Waals surface area (Å²) in [5.74, 6) is 0.123. The van der Waals surface area contributed by atoms with Gasteiger partial charge < -0.3 is 34.5 Å². The van der Waals surface area contributed by atoms with Crippen LogP contribution in [0.15, 0.2) is 36.7 Å². The monoisotopic (exact) mass is 658 g/mol. The molecule has 2 N–H and O–H groups in total. The lowest BCUT2D eigenvalue weighted by Crippen LogP contribution is -2.58. The van der Waals surface area contributed by atoms with Crippen LogP contribution in [0.4, 0.5) is 15.3 Å². The van der Waals surface area contributed by atoms with Crippen molar-refractivity contribution in [3.05, 3.63) is 42.2 Å². The van der Waals surface area contributed by atoms with Crippen LogP contribution < -0.4 is 20.1 Å². The summed E-state index contributed by atoms with van der Waals surface area (Å²) in [5, 5.41) is 5.73. The molecule has 0 aliphatic carbocycles. The minimum absolute atomic E-state index is 0.119. The Bertz CT molecular complexity index is 1380. The number of carbonyl (C=O) groups excluding carboxylic acids is 4. The van der Waals surface area contributed by atoms with Crippen molar-refractivity contribution in [2.45, 2.75) is 105 Å². The summed E-state index contributed by atoms with van der Waals surface area (Å²) < 4.78 is 25.7. The van der Waals surface area contributed by atoms with Crippen LogP contribution in [-0.4, -0.2) is 76.7 Å². The van der Waals surface area contributed by atoms with E-state index < -0.39 is 22.9 Å². The SMILES string of the molecule is CC(C)(C)OC(=O)CCOc1ccc(C(=O)Nc2cn(CCCNC(=O)OC(C)(C)C)[n+](CC3CN(C(=O)OC(C)(C)C)C3)c2)cc1. The second kappa shape index (κ2) is 15.5. The number of likely N-dealkylation sites (tertiary alicyclic amines) is 1. The highest BCUT2D eigenvalue weighted by atomic mass is 16.6. The van der Waals surface area contributed by atoms with E-state index in [1.165, 1.54) is 0 Å². The molecule has 0 radical (unpaired) electrons. The van der Waals surface area contributed by atoms with E-state index in [0.717, 1.165) is 0 Å². The first-order valence-corrected chi connectivity index (χ1v) is 16.1. The quantitative estimate of drug-likeness (QED) is 0.142. The molecule has 260 valence electrons. The Morgan fingerprint density at radius 1 is 0.872 bits per heavy atom. The second-order valence-electron chi connectivity index (χ2n) is 14.7. The number of nitrogens with zero attached hydrogens (tertiary/aromatic N) is 3. The summed E-state index contributed by atoms with van der Waals surface area (Å²) in [4.78, 5) is 51.1. The van der Waals surface area contributed by atoms with Gasteiger partial charge in [-0.2, -0.15) is 4.68 Å². The molecule has 1 aromatic carbocycles. The third kappa shape index (κ3) is 13.5. The van der Waals surface area contributed by atoms with Crippen LogP contribution in [0.2, 0.25) is 0 Å². The Morgan fingerprint density at radius 3 is 2.09 bits per heavy atom. The van der Waals surface area contributed by atoms with Crippen LogP contribution >= 0.6 is 0 Å². The van der Waals surface area contributed by atoms with Gasteiger partial charge >= 0.3 is 18.2 Å². The fourth-order valence-electron chi connectivity index (χ4n) is 4.64. The van der Waals surface area contributed by atoms with Gasteiger partial charge in [-0.3, -0.25) is 9.59 Å². The largest absolute Gasteiger partial charge is 0.493 e. The minimum Gasteiger partial charge on any atom is -0.493 e. The standard InChI is InChI=1S/C34H51N5O8/c1-32(2,3)45-28(40)15-18-44-27-13-11-25(12-14-27)29(41)36-26-22-38(17-10-16-35-30(42)46-33(4,5)6)39(23-26)21-24-19-37(20-24)31(43)47-34(7,8)9/h11-14,22-24H,10,15-21H2,1-9H3,(H-,35,36,41,42)/p+1. The third-order valence-electron chi connectivity index (χ3n) is 6.56. The van der Waals surface area contributed by atoms with Crippen molar-refractivity contribution >= 4 is 29.8 Å². The maximum atomic E-state index is 13.1. The average Bonchev–Trinajstić information content (AvgIpc) is 3.26. The molecule has 0 saturated carbocycles. The topological polar surface area (TPSA) is 141 Å². The van der Waals surface area contributed by atoms with Gasteiger partial charge in [0.1, 0.15) is 28.2 Å². The van der Waals surface area contributed by atoms with E-state index >= 15 is 0 Å². The highest BCUT2D eigenvalue weighted by Gasteiger charge is 2.37. The first-order chi connectivity index (χ1) is 21.8. The van der Waals surface area contributed by atoms with Gasteiger partial charge in [-0.1, -0.05) is 0 Å². The van der Waals surface area contributed by atoms with Gasteiger partial charge in [-0.25, -0.2) is 9.59 Å². The molecule has 0 spiro atoms. The van der Waals surface area contributed by atoms with Crippen LogP contribution in [-0.2, 0) is 32.1 Å². The summed E-state index contributed by atoms with van der Waals surface area (Å²) >= 11 is 0. The van der Waals surface area contributed by atoms with Crippen molar-refractivity contribution in [3.63, 3.8) is 0 Å². The van der Waals surface area contributed by atoms with E-state index in [1.807, 2.05) is 84.1 Å². The van der Waals surface area contributed by atoms with Crippen molar-refractivity contribution in [1.82, 2.24) is 14.9 Å². The zero-order chi connectivity index (χ0) is 35.0. The molecule has 13 heteroatoms. The smallest absolute Gasteiger partial charge is 0.410 e. The lowest BCUT2D eigenvalue weighted by atomic mass is 10.0. The number of carbonyl (C=O) groups is 4. The van der Waals surface area contributed by atoms with Gasteiger partial charge in [0.2, 0.25) is 6.20 Å². The number of anilines is 1. The first kappa shape index (κ1) is 37.2. The lowest BCUT2D eigenvalue weighted by Gasteiger charge is -2.38. The number of esters is 1. The van der Waals surface area contributed by atoms with Gasteiger partial charge in [-0.05, 0) is 93.0 Å². The van der Waals surface area contributed by atoms with Crippen molar-refractivity contribution in [3.8, 4) is 5.75 Å². The van der Waals surface area contributed by atoms with E-state index in [4.69, 9.17) is 18.9 Å². The van der Waals surface area contributed by atoms with Crippen LogP contribution in [0.25, 0.3) is 0 Å². The molecule has 2 heterocycles. The van der Waals surface area contributed by atoms with Crippen molar-refractivity contribution in [1.29, 1.82) is 0 Å². The Morgan fingerprint density at radius 2 is 1.49 bits per heavy atom. The number of hydrogen-bond acceptors (Lipinski definition) is 8. The van der Waals surface area contributed by atoms with Crippen LogP contribution in [0, 0.1) is 5.92 Å². The molecule has 0 unspecified atom stereocenters. The molecule has 1 fully saturated rings. The van der Waals surface area contributed by atoms with Gasteiger partial charge in [0.15, 0.2) is 6.54 Å².